The molecule has 0 radical (unpaired) electrons. The van der Waals surface area contributed by atoms with E-state index in [9.17, 15) is 29.1 Å². The van der Waals surface area contributed by atoms with Crippen LogP contribution in [0, 0.1) is 0 Å². The SMILES string of the molecule is NCCCCC(NC(=O)C(Cc1ccccc1)NC(=O)C(Cc1ccccc1)NC(=O)C(N)CC(=O)O)C(=O)O. The predicted octanol–water partition coefficient (Wildman–Crippen LogP) is -0.0582. The summed E-state index contributed by atoms with van der Waals surface area (Å²) in [7, 11) is 0. The Bertz CT molecular complexity index is 1130. The molecular formula is C28H37N5O7. The van der Waals surface area contributed by atoms with E-state index in [1.54, 1.807) is 60.7 Å². The fraction of sp³-hybridized carbons (Fsp3) is 0.393. The molecule has 0 fully saturated rings. The molecule has 2 aromatic carbocycles. The highest BCUT2D eigenvalue weighted by molar-refractivity contribution is 5.95. The second kappa shape index (κ2) is 16.6. The average Bonchev–Trinajstić information content (AvgIpc) is 2.92. The number of hydrogen-bond acceptors (Lipinski definition) is 7. The Kier molecular flexibility index (Phi) is 13.3. The van der Waals surface area contributed by atoms with E-state index < -0.39 is 60.2 Å². The first-order valence-corrected chi connectivity index (χ1v) is 13.0. The van der Waals surface area contributed by atoms with Crippen LogP contribution in [-0.4, -0.2) is 70.6 Å². The van der Waals surface area contributed by atoms with Crippen LogP contribution in [0.1, 0.15) is 36.8 Å². The third-order valence-electron chi connectivity index (χ3n) is 6.12. The topological polar surface area (TPSA) is 214 Å². The molecule has 2 aromatic rings. The minimum absolute atomic E-state index is 0.0364. The third kappa shape index (κ3) is 11.2. The Morgan fingerprint density at radius 1 is 0.675 bits per heavy atom. The molecule has 12 heteroatoms. The van der Waals surface area contributed by atoms with Crippen molar-refractivity contribution in [3.8, 4) is 0 Å². The maximum atomic E-state index is 13.5. The monoisotopic (exact) mass is 555 g/mol. The molecule has 0 aromatic heterocycles. The summed E-state index contributed by atoms with van der Waals surface area (Å²) in [5.41, 5.74) is 12.6. The molecule has 40 heavy (non-hydrogen) atoms. The van der Waals surface area contributed by atoms with Crippen molar-refractivity contribution in [2.45, 2.75) is 62.7 Å². The van der Waals surface area contributed by atoms with Crippen LogP contribution in [0.2, 0.25) is 0 Å². The van der Waals surface area contributed by atoms with Crippen LogP contribution in [0.15, 0.2) is 60.7 Å². The van der Waals surface area contributed by atoms with Gasteiger partial charge in [-0.15, -0.1) is 0 Å². The van der Waals surface area contributed by atoms with E-state index >= 15 is 0 Å². The number of carbonyl (C=O) groups is 5. The zero-order valence-corrected chi connectivity index (χ0v) is 22.1. The summed E-state index contributed by atoms with van der Waals surface area (Å²) in [6, 6.07) is 12.7. The summed E-state index contributed by atoms with van der Waals surface area (Å²) in [5, 5.41) is 26.2. The number of rotatable bonds is 17. The van der Waals surface area contributed by atoms with Gasteiger partial charge in [0.25, 0.3) is 0 Å². The van der Waals surface area contributed by atoms with Crippen molar-refractivity contribution >= 4 is 29.7 Å². The van der Waals surface area contributed by atoms with Gasteiger partial charge in [0.2, 0.25) is 17.7 Å². The van der Waals surface area contributed by atoms with Gasteiger partial charge in [-0.2, -0.15) is 0 Å². The van der Waals surface area contributed by atoms with Crippen LogP contribution in [0.3, 0.4) is 0 Å². The number of aliphatic carboxylic acids is 2. The van der Waals surface area contributed by atoms with Crippen LogP contribution < -0.4 is 27.4 Å². The van der Waals surface area contributed by atoms with Crippen molar-refractivity contribution in [1.29, 1.82) is 0 Å². The summed E-state index contributed by atoms with van der Waals surface area (Å²) in [6.45, 7) is 0.387. The Morgan fingerprint density at radius 2 is 1.12 bits per heavy atom. The van der Waals surface area contributed by atoms with E-state index in [2.05, 4.69) is 16.0 Å². The minimum Gasteiger partial charge on any atom is -0.481 e. The first kappa shape index (κ1) is 31.9. The molecule has 216 valence electrons. The molecule has 4 atom stereocenters. The van der Waals surface area contributed by atoms with Crippen LogP contribution in [0.25, 0.3) is 0 Å². The molecular weight excluding hydrogens is 518 g/mol. The zero-order valence-electron chi connectivity index (χ0n) is 22.1. The molecule has 4 unspecified atom stereocenters. The largest absolute Gasteiger partial charge is 0.481 e. The lowest BCUT2D eigenvalue weighted by atomic mass is 10.0. The van der Waals surface area contributed by atoms with E-state index in [-0.39, 0.29) is 19.3 Å². The molecule has 0 heterocycles. The molecule has 2 rings (SSSR count). The van der Waals surface area contributed by atoms with Crippen LogP contribution in [0.4, 0.5) is 0 Å². The maximum Gasteiger partial charge on any atom is 0.326 e. The Balaban J connectivity index is 2.28. The normalized spacial score (nSPS) is 13.8. The predicted molar refractivity (Wildman–Crippen MR) is 147 cm³/mol. The zero-order chi connectivity index (χ0) is 29.5. The smallest absolute Gasteiger partial charge is 0.326 e. The van der Waals surface area contributed by atoms with Gasteiger partial charge in [0, 0.05) is 12.8 Å². The number of nitrogens with two attached hydrogens (primary N) is 2. The number of carbonyl (C=O) groups excluding carboxylic acids is 3. The fourth-order valence-electron chi connectivity index (χ4n) is 3.97. The van der Waals surface area contributed by atoms with E-state index in [0.717, 1.165) is 0 Å². The lowest BCUT2D eigenvalue weighted by Crippen LogP contribution is -2.58. The Morgan fingerprint density at radius 3 is 1.55 bits per heavy atom. The first-order chi connectivity index (χ1) is 19.1. The molecule has 0 aliphatic rings. The number of carboxylic acid groups (broad SMARTS) is 2. The van der Waals surface area contributed by atoms with Crippen molar-refractivity contribution < 1.29 is 34.2 Å². The minimum atomic E-state index is -1.39. The standard InChI is InChI=1S/C28H37N5O7/c29-14-8-7-13-21(28(39)40)31-26(37)23(16-19-11-5-2-6-12-19)33-27(38)22(15-18-9-3-1-4-10-18)32-25(36)20(30)17-24(34)35/h1-6,9-12,20-23H,7-8,13-17,29-30H2,(H,31,37)(H,32,36)(H,33,38)(H,34,35)(H,39,40). The lowest BCUT2D eigenvalue weighted by Gasteiger charge is -2.25. The van der Waals surface area contributed by atoms with E-state index in [4.69, 9.17) is 16.6 Å². The molecule has 0 aliphatic heterocycles. The highest BCUT2D eigenvalue weighted by atomic mass is 16.4. The van der Waals surface area contributed by atoms with Gasteiger partial charge >= 0.3 is 11.9 Å². The second-order valence-corrected chi connectivity index (χ2v) is 9.39. The molecule has 0 aliphatic carbocycles. The third-order valence-corrected chi connectivity index (χ3v) is 6.12. The highest BCUT2D eigenvalue weighted by Gasteiger charge is 2.31. The maximum absolute atomic E-state index is 13.5. The molecule has 12 nitrogen and oxygen atoms in total. The molecule has 0 bridgehead atoms. The van der Waals surface area contributed by atoms with Crippen molar-refractivity contribution in [1.82, 2.24) is 16.0 Å². The highest BCUT2D eigenvalue weighted by Crippen LogP contribution is 2.09. The summed E-state index contributed by atoms with van der Waals surface area (Å²) >= 11 is 0. The van der Waals surface area contributed by atoms with Gasteiger partial charge in [-0.3, -0.25) is 19.2 Å². The van der Waals surface area contributed by atoms with Crippen LogP contribution in [0.5, 0.6) is 0 Å². The lowest BCUT2D eigenvalue weighted by molar-refractivity contribution is -0.142. The Hall–Kier alpha value is -4.29. The molecule has 3 amide bonds. The Labute approximate surface area is 232 Å². The van der Waals surface area contributed by atoms with E-state index in [1.165, 1.54) is 0 Å². The van der Waals surface area contributed by atoms with Gasteiger partial charge in [-0.05, 0) is 36.9 Å². The number of nitrogens with one attached hydrogen (secondary N) is 3. The molecule has 0 saturated heterocycles. The number of carboxylic acids is 2. The average molecular weight is 556 g/mol. The van der Waals surface area contributed by atoms with Gasteiger partial charge in [0.05, 0.1) is 12.5 Å². The van der Waals surface area contributed by atoms with E-state index in [0.29, 0.717) is 30.5 Å². The van der Waals surface area contributed by atoms with Crippen LogP contribution in [-0.2, 0) is 36.8 Å². The van der Waals surface area contributed by atoms with Gasteiger partial charge in [0.15, 0.2) is 0 Å². The van der Waals surface area contributed by atoms with Gasteiger partial charge in [-0.25, -0.2) is 4.79 Å². The molecule has 0 spiro atoms. The van der Waals surface area contributed by atoms with Crippen molar-refractivity contribution in [2.75, 3.05) is 6.54 Å². The number of amides is 3. The van der Waals surface area contributed by atoms with E-state index in [1.807, 2.05) is 0 Å². The number of hydrogen-bond donors (Lipinski definition) is 7. The summed E-state index contributed by atoms with van der Waals surface area (Å²) in [6.07, 6.45) is 0.705. The summed E-state index contributed by atoms with van der Waals surface area (Å²) in [5.74, 6) is -4.74. The van der Waals surface area contributed by atoms with Crippen molar-refractivity contribution in [2.24, 2.45) is 11.5 Å². The van der Waals surface area contributed by atoms with Crippen molar-refractivity contribution in [3.05, 3.63) is 71.8 Å². The molecule has 0 saturated carbocycles. The number of benzene rings is 2. The quantitative estimate of drug-likeness (QED) is 0.130. The first-order valence-electron chi connectivity index (χ1n) is 13.0. The fourth-order valence-corrected chi connectivity index (χ4v) is 3.97. The summed E-state index contributed by atoms with van der Waals surface area (Å²) in [4.78, 5) is 62.1. The van der Waals surface area contributed by atoms with Gasteiger partial charge < -0.3 is 37.6 Å². The summed E-state index contributed by atoms with van der Waals surface area (Å²) < 4.78 is 0. The van der Waals surface area contributed by atoms with Crippen LogP contribution >= 0.6 is 0 Å². The van der Waals surface area contributed by atoms with Gasteiger partial charge in [0.1, 0.15) is 18.1 Å². The molecule has 9 N–H and O–H groups in total. The van der Waals surface area contributed by atoms with Crippen molar-refractivity contribution in [3.63, 3.8) is 0 Å². The number of unbranched alkanes of at least 4 members (excludes halogenated alkanes) is 1. The second-order valence-electron chi connectivity index (χ2n) is 9.39. The van der Waals surface area contributed by atoms with Gasteiger partial charge in [-0.1, -0.05) is 60.7 Å².